The van der Waals surface area contributed by atoms with Crippen molar-refractivity contribution in [3.63, 3.8) is 0 Å². The minimum atomic E-state index is -2.05. The van der Waals surface area contributed by atoms with Gasteiger partial charge in [-0.1, -0.05) is 40.9 Å². The number of alkyl halides is 3. The van der Waals surface area contributed by atoms with Crippen molar-refractivity contribution in [2.24, 2.45) is 0 Å². The van der Waals surface area contributed by atoms with E-state index in [0.29, 0.717) is 11.0 Å². The lowest BCUT2D eigenvalue weighted by Gasteiger charge is -2.32. The summed E-state index contributed by atoms with van der Waals surface area (Å²) in [5.41, 5.74) is 0.455. The maximum atomic E-state index is 12.1. The zero-order chi connectivity index (χ0) is 20.6. The summed E-state index contributed by atoms with van der Waals surface area (Å²) in [4.78, 5) is 26.2. The minimum absolute atomic E-state index is 0.161. The first-order valence-electron chi connectivity index (χ1n) is 8.33. The average Bonchev–Trinajstić information content (AvgIpc) is 3.04. The molecule has 1 amide bonds. The van der Waals surface area contributed by atoms with Gasteiger partial charge in [0, 0.05) is 19.7 Å². The Morgan fingerprint density at radius 3 is 2.26 bits per heavy atom. The van der Waals surface area contributed by atoms with E-state index in [1.807, 2.05) is 27.7 Å². The Bertz CT molecular complexity index is 752. The molecule has 1 saturated heterocycles. The lowest BCUT2D eigenvalue weighted by Crippen LogP contribution is -2.41. The quantitative estimate of drug-likeness (QED) is 0.420. The standard InChI is InChI=1S/C17H22BCl3N2O4/c1-10(24)22-9-12(18-26-15(2,3)16(4,5)27-18)6-11-7-13(23-8-11)14(25)17(19,20)21/h6-8,23H,9H2,1-5H3,(H,22,24). The third-order valence-corrected chi connectivity index (χ3v) is 5.17. The first-order valence-corrected chi connectivity index (χ1v) is 9.47. The Morgan fingerprint density at radius 2 is 1.78 bits per heavy atom. The van der Waals surface area contributed by atoms with E-state index in [-0.39, 0.29) is 18.1 Å². The van der Waals surface area contributed by atoms with Gasteiger partial charge in [-0.3, -0.25) is 9.59 Å². The predicted octanol–water partition coefficient (Wildman–Crippen LogP) is 3.72. The summed E-state index contributed by atoms with van der Waals surface area (Å²) in [6, 6.07) is 1.56. The second-order valence-corrected chi connectivity index (χ2v) is 9.67. The van der Waals surface area contributed by atoms with Gasteiger partial charge in [0.1, 0.15) is 0 Å². The van der Waals surface area contributed by atoms with Gasteiger partial charge in [-0.25, -0.2) is 0 Å². The zero-order valence-corrected chi connectivity index (χ0v) is 18.1. The molecule has 0 unspecified atom stereocenters. The highest BCUT2D eigenvalue weighted by atomic mass is 35.6. The molecule has 1 aliphatic heterocycles. The van der Waals surface area contributed by atoms with Crippen LogP contribution in [0.5, 0.6) is 0 Å². The van der Waals surface area contributed by atoms with E-state index in [4.69, 9.17) is 44.1 Å². The van der Waals surface area contributed by atoms with Crippen LogP contribution in [0.15, 0.2) is 17.7 Å². The molecular weight excluding hydrogens is 413 g/mol. The van der Waals surface area contributed by atoms with Crippen LogP contribution >= 0.6 is 34.8 Å². The van der Waals surface area contributed by atoms with Crippen LogP contribution in [0.3, 0.4) is 0 Å². The van der Waals surface area contributed by atoms with Crippen molar-refractivity contribution in [3.8, 4) is 0 Å². The number of hydrogen-bond donors (Lipinski definition) is 2. The molecule has 0 spiro atoms. The van der Waals surface area contributed by atoms with Gasteiger partial charge in [0.2, 0.25) is 11.7 Å². The fraction of sp³-hybridized carbons (Fsp3) is 0.529. The maximum absolute atomic E-state index is 12.1. The molecule has 1 aliphatic rings. The van der Waals surface area contributed by atoms with Gasteiger partial charge in [0.05, 0.1) is 16.9 Å². The van der Waals surface area contributed by atoms with E-state index in [1.165, 1.54) is 6.92 Å². The third-order valence-electron chi connectivity index (χ3n) is 4.66. The number of Topliss-reactive ketones (excluding diaryl/α,β-unsaturated/α-hetero) is 1. The number of nitrogens with one attached hydrogen (secondary N) is 2. The Morgan fingerprint density at radius 1 is 1.22 bits per heavy atom. The van der Waals surface area contributed by atoms with E-state index < -0.39 is 27.9 Å². The number of carbonyl (C=O) groups excluding carboxylic acids is 2. The molecule has 27 heavy (non-hydrogen) atoms. The molecule has 148 valence electrons. The molecule has 0 saturated carbocycles. The number of rotatable bonds is 5. The van der Waals surface area contributed by atoms with Crippen LogP contribution in [0.25, 0.3) is 6.08 Å². The van der Waals surface area contributed by atoms with Crippen LogP contribution in [-0.4, -0.2) is 45.3 Å². The summed E-state index contributed by atoms with van der Waals surface area (Å²) >= 11 is 16.9. The molecule has 0 atom stereocenters. The number of ketones is 1. The van der Waals surface area contributed by atoms with Crippen molar-refractivity contribution in [1.82, 2.24) is 10.3 Å². The van der Waals surface area contributed by atoms with Crippen LogP contribution in [0.1, 0.15) is 50.7 Å². The van der Waals surface area contributed by atoms with Crippen molar-refractivity contribution in [2.75, 3.05) is 6.54 Å². The fourth-order valence-corrected chi connectivity index (χ4v) is 2.72. The fourth-order valence-electron chi connectivity index (χ4n) is 2.42. The molecule has 0 bridgehead atoms. The number of amides is 1. The van der Waals surface area contributed by atoms with Crippen LogP contribution < -0.4 is 5.32 Å². The normalized spacial score (nSPS) is 19.3. The van der Waals surface area contributed by atoms with E-state index >= 15 is 0 Å². The number of aromatic nitrogens is 1. The Labute approximate surface area is 174 Å². The molecule has 2 N–H and O–H groups in total. The average molecular weight is 436 g/mol. The highest BCUT2D eigenvalue weighted by Gasteiger charge is 2.52. The molecule has 2 rings (SSSR count). The van der Waals surface area contributed by atoms with Crippen molar-refractivity contribution >= 4 is 59.7 Å². The van der Waals surface area contributed by atoms with Crippen molar-refractivity contribution in [1.29, 1.82) is 0 Å². The van der Waals surface area contributed by atoms with Gasteiger partial charge in [-0.2, -0.15) is 0 Å². The van der Waals surface area contributed by atoms with Crippen LogP contribution in [0.2, 0.25) is 0 Å². The van der Waals surface area contributed by atoms with E-state index in [9.17, 15) is 9.59 Å². The Hall–Kier alpha value is -0.985. The Kier molecular flexibility index (Phi) is 6.44. The number of aromatic amines is 1. The van der Waals surface area contributed by atoms with E-state index in [1.54, 1.807) is 18.3 Å². The van der Waals surface area contributed by atoms with Crippen LogP contribution in [-0.2, 0) is 14.1 Å². The molecule has 1 aromatic heterocycles. The summed E-state index contributed by atoms with van der Waals surface area (Å²) in [6.45, 7) is 9.42. The Balaban J connectivity index is 2.31. The number of H-pyrrole nitrogens is 1. The summed E-state index contributed by atoms with van der Waals surface area (Å²) in [5.74, 6) is -0.843. The van der Waals surface area contributed by atoms with E-state index in [2.05, 4.69) is 10.3 Å². The topological polar surface area (TPSA) is 80.4 Å². The molecule has 1 aromatic rings. The molecule has 1 fully saturated rings. The summed E-state index contributed by atoms with van der Waals surface area (Å²) in [7, 11) is -0.649. The smallest absolute Gasteiger partial charge is 0.400 e. The second kappa shape index (κ2) is 7.80. The van der Waals surface area contributed by atoms with Crippen LogP contribution in [0, 0.1) is 0 Å². The number of carbonyl (C=O) groups is 2. The number of hydrogen-bond acceptors (Lipinski definition) is 4. The van der Waals surface area contributed by atoms with E-state index in [0.717, 1.165) is 0 Å². The SMILES string of the molecule is CC(=O)NCC(=Cc1c[nH]c(C(=O)C(Cl)(Cl)Cl)c1)B1OC(C)(C)C(C)(C)O1. The van der Waals surface area contributed by atoms with Gasteiger partial charge in [0.15, 0.2) is 0 Å². The molecule has 0 radical (unpaired) electrons. The molecule has 10 heteroatoms. The molecular formula is C17H22BCl3N2O4. The molecule has 0 aromatic carbocycles. The summed E-state index contributed by atoms with van der Waals surface area (Å²) < 4.78 is 10.1. The predicted molar refractivity (Wildman–Crippen MR) is 108 cm³/mol. The summed E-state index contributed by atoms with van der Waals surface area (Å²) in [5, 5.41) is 2.74. The molecule has 2 heterocycles. The lowest BCUT2D eigenvalue weighted by atomic mass is 9.77. The van der Waals surface area contributed by atoms with Crippen molar-refractivity contribution < 1.29 is 18.9 Å². The molecule has 6 nitrogen and oxygen atoms in total. The van der Waals surface area contributed by atoms with Crippen LogP contribution in [0.4, 0.5) is 0 Å². The highest BCUT2D eigenvalue weighted by Crippen LogP contribution is 2.39. The molecule has 0 aliphatic carbocycles. The van der Waals surface area contributed by atoms with Crippen molar-refractivity contribution in [2.45, 2.75) is 49.6 Å². The van der Waals surface area contributed by atoms with Gasteiger partial charge < -0.3 is 19.6 Å². The highest BCUT2D eigenvalue weighted by molar-refractivity contribution is 6.77. The second-order valence-electron chi connectivity index (χ2n) is 7.39. The minimum Gasteiger partial charge on any atom is -0.400 e. The lowest BCUT2D eigenvalue weighted by molar-refractivity contribution is -0.118. The summed E-state index contributed by atoms with van der Waals surface area (Å²) in [6.07, 6.45) is 3.37. The van der Waals surface area contributed by atoms with Gasteiger partial charge >= 0.3 is 7.12 Å². The van der Waals surface area contributed by atoms with Gasteiger partial charge in [-0.05, 0) is 44.8 Å². The van der Waals surface area contributed by atoms with Gasteiger partial charge in [0.25, 0.3) is 3.79 Å². The zero-order valence-electron chi connectivity index (χ0n) is 15.8. The maximum Gasteiger partial charge on any atom is 0.492 e. The first kappa shape index (κ1) is 22.3. The third kappa shape index (κ3) is 5.30. The largest absolute Gasteiger partial charge is 0.492 e. The first-order chi connectivity index (χ1) is 12.2. The monoisotopic (exact) mass is 434 g/mol. The number of halogens is 3. The van der Waals surface area contributed by atoms with Gasteiger partial charge in [-0.15, -0.1) is 0 Å². The van der Waals surface area contributed by atoms with Crippen molar-refractivity contribution in [3.05, 3.63) is 29.0 Å².